The van der Waals surface area contributed by atoms with Gasteiger partial charge >= 0.3 is 5.97 Å². The molecule has 9 nitrogen and oxygen atoms in total. The Balaban J connectivity index is 1.45. The van der Waals surface area contributed by atoms with Crippen molar-refractivity contribution in [1.29, 1.82) is 0 Å². The number of benzene rings is 1. The van der Waals surface area contributed by atoms with Gasteiger partial charge in [-0.05, 0) is 50.2 Å². The van der Waals surface area contributed by atoms with E-state index in [1.807, 2.05) is 0 Å². The van der Waals surface area contributed by atoms with Gasteiger partial charge < -0.3 is 10.4 Å². The highest BCUT2D eigenvalue weighted by Gasteiger charge is 2.54. The van der Waals surface area contributed by atoms with E-state index in [-0.39, 0.29) is 29.9 Å². The minimum atomic E-state index is -1.01. The van der Waals surface area contributed by atoms with E-state index in [4.69, 9.17) is 0 Å². The van der Waals surface area contributed by atoms with Crippen molar-refractivity contribution in [3.05, 3.63) is 29.3 Å². The van der Waals surface area contributed by atoms with Gasteiger partial charge in [-0.15, -0.1) is 0 Å². The summed E-state index contributed by atoms with van der Waals surface area (Å²) in [7, 11) is 0. The topological polar surface area (TPSA) is 133 Å². The standard InChI is InChI=1S/C21H21N3O6/c25-15-5-4-14(17(26)22-15)24-18(27)11-2-1-3-13(16(11)19(24)28)23-21-7-6-10(8-21)12(9-21)20(29)30/h1-3,10,12,14,23H,4-9H2,(H,29,30)(H,22,25,26)/t10-,12+,14?,21+/m0/s1. The van der Waals surface area contributed by atoms with E-state index in [1.54, 1.807) is 18.2 Å². The molecule has 4 atom stereocenters. The summed E-state index contributed by atoms with van der Waals surface area (Å²) >= 11 is 0. The summed E-state index contributed by atoms with van der Waals surface area (Å²) in [6.07, 6.45) is 2.99. The molecule has 30 heavy (non-hydrogen) atoms. The van der Waals surface area contributed by atoms with Crippen LogP contribution >= 0.6 is 0 Å². The number of aliphatic carboxylic acids is 1. The number of nitrogens with zero attached hydrogens (tertiary/aromatic N) is 1. The van der Waals surface area contributed by atoms with Crippen molar-refractivity contribution in [2.24, 2.45) is 11.8 Å². The van der Waals surface area contributed by atoms with Gasteiger partial charge in [0.15, 0.2) is 0 Å². The Morgan fingerprint density at radius 1 is 1.13 bits per heavy atom. The highest BCUT2D eigenvalue weighted by molar-refractivity contribution is 6.25. The minimum absolute atomic E-state index is 0.0655. The van der Waals surface area contributed by atoms with E-state index in [9.17, 15) is 29.1 Å². The molecule has 2 bridgehead atoms. The summed E-state index contributed by atoms with van der Waals surface area (Å²) in [6.45, 7) is 0. The molecule has 1 unspecified atom stereocenters. The number of amides is 4. The van der Waals surface area contributed by atoms with Gasteiger partial charge in [-0.3, -0.25) is 34.2 Å². The first-order valence-electron chi connectivity index (χ1n) is 10.2. The van der Waals surface area contributed by atoms with Crippen LogP contribution in [0, 0.1) is 11.8 Å². The lowest BCUT2D eigenvalue weighted by molar-refractivity contribution is -0.143. The normalized spacial score (nSPS) is 32.4. The summed E-state index contributed by atoms with van der Waals surface area (Å²) in [5, 5.41) is 15.1. The third-order valence-electron chi connectivity index (χ3n) is 7.01. The zero-order chi connectivity index (χ0) is 21.2. The van der Waals surface area contributed by atoms with E-state index >= 15 is 0 Å². The van der Waals surface area contributed by atoms with Crippen LogP contribution in [0.25, 0.3) is 0 Å². The molecule has 4 aliphatic rings. The Labute approximate surface area is 171 Å². The molecule has 156 valence electrons. The molecule has 0 aromatic heterocycles. The van der Waals surface area contributed by atoms with Crippen molar-refractivity contribution in [1.82, 2.24) is 10.2 Å². The zero-order valence-corrected chi connectivity index (χ0v) is 16.1. The highest BCUT2D eigenvalue weighted by atomic mass is 16.4. The molecule has 2 saturated carbocycles. The molecule has 2 aliphatic carbocycles. The van der Waals surface area contributed by atoms with Crippen molar-refractivity contribution in [3.8, 4) is 0 Å². The van der Waals surface area contributed by atoms with Crippen molar-refractivity contribution < 1.29 is 29.1 Å². The molecule has 3 fully saturated rings. The summed E-state index contributed by atoms with van der Waals surface area (Å²) in [6, 6.07) is 3.93. The van der Waals surface area contributed by atoms with Crippen LogP contribution in [0.2, 0.25) is 0 Å². The van der Waals surface area contributed by atoms with Crippen LogP contribution in [0.1, 0.15) is 59.2 Å². The van der Waals surface area contributed by atoms with E-state index in [2.05, 4.69) is 10.6 Å². The fourth-order valence-corrected chi connectivity index (χ4v) is 5.64. The number of carboxylic acid groups (broad SMARTS) is 1. The first kappa shape index (κ1) is 18.8. The summed E-state index contributed by atoms with van der Waals surface area (Å²) < 4.78 is 0. The van der Waals surface area contributed by atoms with Crippen LogP contribution in [-0.2, 0) is 14.4 Å². The molecule has 2 heterocycles. The number of hydrogen-bond donors (Lipinski definition) is 3. The van der Waals surface area contributed by atoms with E-state index in [1.165, 1.54) is 0 Å². The Kier molecular flexibility index (Phi) is 4.00. The lowest BCUT2D eigenvalue weighted by atomic mass is 9.85. The number of nitrogens with one attached hydrogen (secondary N) is 2. The maximum atomic E-state index is 13.2. The first-order valence-corrected chi connectivity index (χ1v) is 10.2. The molecule has 0 spiro atoms. The quantitative estimate of drug-likeness (QED) is 0.633. The molecule has 5 rings (SSSR count). The van der Waals surface area contributed by atoms with Crippen LogP contribution in [0.4, 0.5) is 5.69 Å². The molecule has 1 aromatic carbocycles. The smallest absolute Gasteiger partial charge is 0.306 e. The lowest BCUT2D eigenvalue weighted by Gasteiger charge is -2.32. The summed E-state index contributed by atoms with van der Waals surface area (Å²) in [5.41, 5.74) is 0.512. The number of carboxylic acids is 1. The van der Waals surface area contributed by atoms with Crippen LogP contribution in [0.5, 0.6) is 0 Å². The SMILES string of the molecule is O=C1CCC(N2C(=O)c3cccc(N[C@]45CC[C@@H](C4)[C@H](C(=O)O)C5)c3C2=O)C(=O)N1. The Bertz CT molecular complexity index is 1020. The zero-order valence-electron chi connectivity index (χ0n) is 16.1. The Hall–Kier alpha value is -3.23. The minimum Gasteiger partial charge on any atom is -0.481 e. The average molecular weight is 411 g/mol. The van der Waals surface area contributed by atoms with Crippen LogP contribution in [0.3, 0.4) is 0 Å². The number of anilines is 1. The van der Waals surface area contributed by atoms with Gasteiger partial charge in [-0.1, -0.05) is 6.07 Å². The second kappa shape index (κ2) is 6.38. The molecule has 1 saturated heterocycles. The molecule has 9 heteroatoms. The second-order valence-corrected chi connectivity index (χ2v) is 8.73. The number of fused-ring (bicyclic) bond motifs is 3. The Morgan fingerprint density at radius 3 is 2.63 bits per heavy atom. The van der Waals surface area contributed by atoms with Crippen LogP contribution < -0.4 is 10.6 Å². The average Bonchev–Trinajstić information content (AvgIpc) is 3.34. The van der Waals surface area contributed by atoms with Crippen molar-refractivity contribution in [3.63, 3.8) is 0 Å². The summed E-state index contributed by atoms with van der Waals surface area (Å²) in [5.74, 6) is -3.26. The number of carbonyl (C=O) groups excluding carboxylic acids is 4. The van der Waals surface area contributed by atoms with E-state index in [0.29, 0.717) is 18.5 Å². The summed E-state index contributed by atoms with van der Waals surface area (Å²) in [4.78, 5) is 62.3. The molecule has 4 amide bonds. The molecule has 1 aromatic rings. The Morgan fingerprint density at radius 2 is 1.93 bits per heavy atom. The van der Waals surface area contributed by atoms with Crippen LogP contribution in [0.15, 0.2) is 18.2 Å². The lowest BCUT2D eigenvalue weighted by Crippen LogP contribution is -2.54. The van der Waals surface area contributed by atoms with Gasteiger partial charge in [0.05, 0.1) is 17.0 Å². The van der Waals surface area contributed by atoms with Gasteiger partial charge in [-0.2, -0.15) is 0 Å². The van der Waals surface area contributed by atoms with Crippen molar-refractivity contribution in [2.45, 2.75) is 50.1 Å². The second-order valence-electron chi connectivity index (χ2n) is 8.73. The van der Waals surface area contributed by atoms with Gasteiger partial charge in [-0.25, -0.2) is 0 Å². The third-order valence-corrected chi connectivity index (χ3v) is 7.01. The maximum Gasteiger partial charge on any atom is 0.306 e. The molecule has 3 N–H and O–H groups in total. The number of carbonyl (C=O) groups is 5. The molecular weight excluding hydrogens is 390 g/mol. The van der Waals surface area contributed by atoms with Gasteiger partial charge in [0.2, 0.25) is 11.8 Å². The number of rotatable bonds is 4. The predicted molar refractivity (Wildman–Crippen MR) is 103 cm³/mol. The van der Waals surface area contributed by atoms with Crippen molar-refractivity contribution in [2.75, 3.05) is 5.32 Å². The van der Waals surface area contributed by atoms with Crippen LogP contribution in [-0.4, -0.2) is 51.2 Å². The van der Waals surface area contributed by atoms with Crippen molar-refractivity contribution >= 4 is 35.3 Å². The van der Waals surface area contributed by atoms with Gasteiger partial charge in [0, 0.05) is 17.6 Å². The fourth-order valence-electron chi connectivity index (χ4n) is 5.64. The molecular formula is C21H21N3O6. The molecule has 2 aliphatic heterocycles. The first-order chi connectivity index (χ1) is 14.3. The molecule has 0 radical (unpaired) electrons. The highest BCUT2D eigenvalue weighted by Crippen LogP contribution is 2.53. The van der Waals surface area contributed by atoms with E-state index in [0.717, 1.165) is 17.7 Å². The number of hydrogen-bond acceptors (Lipinski definition) is 6. The largest absolute Gasteiger partial charge is 0.481 e. The number of imide groups is 2. The third kappa shape index (κ3) is 2.64. The maximum absolute atomic E-state index is 13.2. The predicted octanol–water partition coefficient (Wildman–Crippen LogP) is 1.14. The number of piperidine rings is 1. The fraction of sp³-hybridized carbons (Fsp3) is 0.476. The van der Waals surface area contributed by atoms with E-state index < -0.39 is 47.1 Å². The van der Waals surface area contributed by atoms with Gasteiger partial charge in [0.1, 0.15) is 6.04 Å². The monoisotopic (exact) mass is 411 g/mol. The van der Waals surface area contributed by atoms with Gasteiger partial charge in [0.25, 0.3) is 11.8 Å².